The van der Waals surface area contributed by atoms with E-state index in [1.54, 1.807) is 24.3 Å². The standard InChI is InChI=1S/C19H12ClF3N6O2/c20-16-11(2-1-10-7-15(31-17(10)16)18-26-28-29-27-18)9-25-12-3-4-14(30-6-5-24)13(8-12)19(21,22)23/h1-4,7-8,25H,6,9H2,(H,26,27,28,29). The molecule has 0 saturated heterocycles. The lowest BCUT2D eigenvalue weighted by molar-refractivity contribution is -0.138. The summed E-state index contributed by atoms with van der Waals surface area (Å²) in [6.07, 6.45) is -4.64. The van der Waals surface area contributed by atoms with E-state index in [1.165, 1.54) is 6.07 Å². The minimum Gasteiger partial charge on any atom is -0.478 e. The summed E-state index contributed by atoms with van der Waals surface area (Å²) >= 11 is 6.44. The Morgan fingerprint density at radius 1 is 1.23 bits per heavy atom. The number of nitriles is 1. The highest BCUT2D eigenvalue weighted by Gasteiger charge is 2.34. The van der Waals surface area contributed by atoms with Crippen LogP contribution in [0, 0.1) is 11.3 Å². The fourth-order valence-electron chi connectivity index (χ4n) is 2.92. The van der Waals surface area contributed by atoms with E-state index < -0.39 is 24.1 Å². The van der Waals surface area contributed by atoms with Crippen LogP contribution >= 0.6 is 11.6 Å². The summed E-state index contributed by atoms with van der Waals surface area (Å²) in [5.74, 6) is 0.323. The average molecular weight is 449 g/mol. The van der Waals surface area contributed by atoms with Crippen LogP contribution in [0.4, 0.5) is 18.9 Å². The SMILES string of the molecule is N#CCOc1ccc(NCc2ccc3cc(-c4nnn[nH]4)oc3c2Cl)cc1C(F)(F)F. The molecule has 0 unspecified atom stereocenters. The smallest absolute Gasteiger partial charge is 0.420 e. The maximum absolute atomic E-state index is 13.3. The number of alkyl halides is 3. The normalized spacial score (nSPS) is 11.5. The Morgan fingerprint density at radius 2 is 2.06 bits per heavy atom. The Morgan fingerprint density at radius 3 is 2.77 bits per heavy atom. The van der Waals surface area contributed by atoms with Gasteiger partial charge in [0, 0.05) is 17.6 Å². The van der Waals surface area contributed by atoms with Gasteiger partial charge in [-0.25, -0.2) is 5.10 Å². The van der Waals surface area contributed by atoms with Crippen molar-refractivity contribution in [3.63, 3.8) is 0 Å². The first-order valence-electron chi connectivity index (χ1n) is 8.76. The molecular weight excluding hydrogens is 437 g/mol. The first-order chi connectivity index (χ1) is 14.9. The maximum atomic E-state index is 13.3. The van der Waals surface area contributed by atoms with Crippen molar-refractivity contribution in [2.24, 2.45) is 0 Å². The molecule has 2 aromatic carbocycles. The molecule has 0 spiro atoms. The average Bonchev–Trinajstić information content (AvgIpc) is 3.41. The molecule has 2 aromatic heterocycles. The summed E-state index contributed by atoms with van der Waals surface area (Å²) in [6, 6.07) is 10.4. The molecule has 0 amide bonds. The number of H-pyrrole nitrogens is 1. The third kappa shape index (κ3) is 4.24. The number of nitrogens with zero attached hydrogens (tertiary/aromatic N) is 4. The van der Waals surface area contributed by atoms with Gasteiger partial charge in [0.25, 0.3) is 0 Å². The van der Waals surface area contributed by atoms with E-state index >= 15 is 0 Å². The number of nitrogens with one attached hydrogen (secondary N) is 2. The molecule has 12 heteroatoms. The van der Waals surface area contributed by atoms with Crippen LogP contribution in [-0.2, 0) is 12.7 Å². The number of hydrogen-bond acceptors (Lipinski definition) is 7. The first kappa shape index (κ1) is 20.5. The monoisotopic (exact) mass is 448 g/mol. The second-order valence-electron chi connectivity index (χ2n) is 6.33. The fraction of sp³-hybridized carbons (Fsp3) is 0.158. The molecule has 0 aliphatic carbocycles. The number of aromatic amines is 1. The summed E-state index contributed by atoms with van der Waals surface area (Å²) in [4.78, 5) is 0. The molecule has 0 aliphatic heterocycles. The molecule has 4 aromatic rings. The lowest BCUT2D eigenvalue weighted by atomic mass is 10.1. The molecule has 0 radical (unpaired) electrons. The Bertz CT molecular complexity index is 1260. The molecule has 158 valence electrons. The highest BCUT2D eigenvalue weighted by molar-refractivity contribution is 6.35. The van der Waals surface area contributed by atoms with Gasteiger partial charge in [0.2, 0.25) is 5.82 Å². The van der Waals surface area contributed by atoms with Crippen LogP contribution in [0.2, 0.25) is 5.02 Å². The molecule has 31 heavy (non-hydrogen) atoms. The predicted octanol–water partition coefficient (Wildman–Crippen LogP) is 4.80. The number of tetrazole rings is 1. The summed E-state index contributed by atoms with van der Waals surface area (Å²) in [6.45, 7) is -0.342. The number of benzene rings is 2. The van der Waals surface area contributed by atoms with Gasteiger partial charge < -0.3 is 14.5 Å². The number of furan rings is 1. The second-order valence-corrected chi connectivity index (χ2v) is 6.70. The van der Waals surface area contributed by atoms with Crippen molar-refractivity contribution in [2.45, 2.75) is 12.7 Å². The quantitative estimate of drug-likeness (QED) is 0.435. The third-order valence-electron chi connectivity index (χ3n) is 4.35. The van der Waals surface area contributed by atoms with Gasteiger partial charge in [-0.05, 0) is 40.3 Å². The highest BCUT2D eigenvalue weighted by atomic mass is 35.5. The van der Waals surface area contributed by atoms with Crippen LogP contribution in [0.5, 0.6) is 5.75 Å². The van der Waals surface area contributed by atoms with Crippen molar-refractivity contribution >= 4 is 28.3 Å². The number of ether oxygens (including phenoxy) is 1. The van der Waals surface area contributed by atoms with Gasteiger partial charge in [-0.3, -0.25) is 0 Å². The van der Waals surface area contributed by atoms with E-state index in [0.29, 0.717) is 27.8 Å². The zero-order valence-electron chi connectivity index (χ0n) is 15.5. The van der Waals surface area contributed by atoms with Gasteiger partial charge in [0.15, 0.2) is 18.0 Å². The van der Waals surface area contributed by atoms with Crippen molar-refractivity contribution in [1.29, 1.82) is 5.26 Å². The van der Waals surface area contributed by atoms with Crippen LogP contribution in [0.3, 0.4) is 0 Å². The molecule has 0 bridgehead atoms. The van der Waals surface area contributed by atoms with Gasteiger partial charge in [-0.15, -0.1) is 5.10 Å². The molecular formula is C19H12ClF3N6O2. The van der Waals surface area contributed by atoms with Gasteiger partial charge >= 0.3 is 6.18 Å². The Balaban J connectivity index is 1.57. The van der Waals surface area contributed by atoms with Crippen LogP contribution in [0.15, 0.2) is 40.8 Å². The molecule has 0 fully saturated rings. The first-order valence-corrected chi connectivity index (χ1v) is 9.14. The Kier molecular flexibility index (Phi) is 5.39. The van der Waals surface area contributed by atoms with Crippen molar-refractivity contribution in [3.05, 3.63) is 52.5 Å². The van der Waals surface area contributed by atoms with Crippen LogP contribution in [-0.4, -0.2) is 27.2 Å². The molecule has 2 heterocycles. The summed E-state index contributed by atoms with van der Waals surface area (Å²) in [5, 5.41) is 25.8. The minimum atomic E-state index is -4.64. The third-order valence-corrected chi connectivity index (χ3v) is 4.76. The van der Waals surface area contributed by atoms with Crippen molar-refractivity contribution in [1.82, 2.24) is 20.6 Å². The van der Waals surface area contributed by atoms with Crippen molar-refractivity contribution in [3.8, 4) is 23.4 Å². The predicted molar refractivity (Wildman–Crippen MR) is 104 cm³/mol. The molecule has 0 atom stereocenters. The van der Waals surface area contributed by atoms with Gasteiger partial charge in [-0.1, -0.05) is 23.7 Å². The van der Waals surface area contributed by atoms with Gasteiger partial charge in [0.05, 0.1) is 10.6 Å². The van der Waals surface area contributed by atoms with Crippen molar-refractivity contribution in [2.75, 3.05) is 11.9 Å². The van der Waals surface area contributed by atoms with E-state index in [-0.39, 0.29) is 12.2 Å². The van der Waals surface area contributed by atoms with Gasteiger partial charge in [0.1, 0.15) is 11.8 Å². The molecule has 0 aliphatic rings. The molecule has 2 N–H and O–H groups in total. The second kappa shape index (κ2) is 8.16. The lowest BCUT2D eigenvalue weighted by Crippen LogP contribution is -2.10. The lowest BCUT2D eigenvalue weighted by Gasteiger charge is -2.15. The van der Waals surface area contributed by atoms with E-state index in [2.05, 4.69) is 25.9 Å². The van der Waals surface area contributed by atoms with Crippen LogP contribution in [0.25, 0.3) is 22.6 Å². The van der Waals surface area contributed by atoms with Crippen molar-refractivity contribution < 1.29 is 22.3 Å². The van der Waals surface area contributed by atoms with E-state index in [4.69, 9.17) is 26.0 Å². The number of fused-ring (bicyclic) bond motifs is 1. The van der Waals surface area contributed by atoms with E-state index in [0.717, 1.165) is 17.5 Å². The Labute approximate surface area is 177 Å². The summed E-state index contributed by atoms with van der Waals surface area (Å²) < 4.78 is 50.6. The highest BCUT2D eigenvalue weighted by Crippen LogP contribution is 2.38. The summed E-state index contributed by atoms with van der Waals surface area (Å²) in [5.41, 5.74) is 0.249. The van der Waals surface area contributed by atoms with Crippen LogP contribution < -0.4 is 10.1 Å². The topological polar surface area (TPSA) is 113 Å². The number of halogens is 4. The van der Waals surface area contributed by atoms with Gasteiger partial charge in [-0.2, -0.15) is 18.4 Å². The zero-order chi connectivity index (χ0) is 22.0. The minimum absolute atomic E-state index is 0.143. The molecule has 8 nitrogen and oxygen atoms in total. The van der Waals surface area contributed by atoms with E-state index in [9.17, 15) is 13.2 Å². The largest absolute Gasteiger partial charge is 0.478 e. The maximum Gasteiger partial charge on any atom is 0.420 e. The summed E-state index contributed by atoms with van der Waals surface area (Å²) in [7, 11) is 0. The molecule has 4 rings (SSSR count). The fourth-order valence-corrected chi connectivity index (χ4v) is 3.20. The van der Waals surface area contributed by atoms with Crippen LogP contribution in [0.1, 0.15) is 11.1 Å². The number of rotatable bonds is 6. The van der Waals surface area contributed by atoms with E-state index in [1.807, 2.05) is 0 Å². The molecule has 0 saturated carbocycles. The Hall–Kier alpha value is -3.78. The zero-order valence-corrected chi connectivity index (χ0v) is 16.3. The number of aromatic nitrogens is 4. The number of hydrogen-bond donors (Lipinski definition) is 2. The number of anilines is 1.